The lowest BCUT2D eigenvalue weighted by molar-refractivity contribution is -0.140. The Hall–Kier alpha value is -1.31. The fourth-order valence-corrected chi connectivity index (χ4v) is 1.64. The van der Waals surface area contributed by atoms with E-state index in [0.29, 0.717) is 0 Å². The molecule has 1 rings (SSSR count). The fraction of sp³-hybridized carbons (Fsp3) is 0.429. The summed E-state index contributed by atoms with van der Waals surface area (Å²) in [6, 6.07) is 0. The molecule has 0 aliphatic rings. The fourth-order valence-electron chi connectivity index (χ4n) is 0.840. The van der Waals surface area contributed by atoms with E-state index in [0.717, 1.165) is 21.6 Å². The van der Waals surface area contributed by atoms with Crippen LogP contribution in [0.15, 0.2) is 5.38 Å². The van der Waals surface area contributed by atoms with Gasteiger partial charge in [0.25, 0.3) is 0 Å². The largest absolute Gasteiger partial charge is 0.480 e. The maximum Gasteiger partial charge on any atom is 0.434 e. The first kappa shape index (κ1) is 11.8. The number of carboxylic acids is 1. The molecule has 84 valence electrons. The molecule has 0 aliphatic carbocycles. The van der Waals surface area contributed by atoms with Crippen molar-refractivity contribution in [3.05, 3.63) is 11.1 Å². The second kappa shape index (κ2) is 4.05. The molecule has 0 aliphatic heterocycles. The van der Waals surface area contributed by atoms with Gasteiger partial charge in [0.2, 0.25) is 0 Å². The van der Waals surface area contributed by atoms with Crippen LogP contribution in [-0.4, -0.2) is 29.7 Å². The van der Waals surface area contributed by atoms with Gasteiger partial charge in [-0.15, -0.1) is 11.3 Å². The molecule has 1 N–H and O–H groups in total. The molecule has 15 heavy (non-hydrogen) atoms. The number of hydrogen-bond acceptors (Lipinski definition) is 4. The molecular weight excluding hydrogens is 233 g/mol. The van der Waals surface area contributed by atoms with E-state index in [9.17, 15) is 18.0 Å². The molecule has 0 aromatic carbocycles. The summed E-state index contributed by atoms with van der Waals surface area (Å²) in [5.74, 6) is -1.12. The Morgan fingerprint density at radius 1 is 1.67 bits per heavy atom. The number of halogens is 3. The highest BCUT2D eigenvalue weighted by Crippen LogP contribution is 2.32. The number of alkyl halides is 3. The maximum absolute atomic E-state index is 12.1. The van der Waals surface area contributed by atoms with E-state index in [1.165, 1.54) is 7.05 Å². The number of rotatable bonds is 3. The van der Waals surface area contributed by atoms with E-state index in [4.69, 9.17) is 5.11 Å². The first-order valence-corrected chi connectivity index (χ1v) is 4.64. The van der Waals surface area contributed by atoms with Gasteiger partial charge in [0, 0.05) is 12.4 Å². The average Bonchev–Trinajstić information content (AvgIpc) is 2.48. The zero-order chi connectivity index (χ0) is 11.6. The first-order valence-electron chi connectivity index (χ1n) is 3.76. The van der Waals surface area contributed by atoms with Crippen LogP contribution in [0.4, 0.5) is 18.3 Å². The molecule has 0 unspecified atom stereocenters. The Labute approximate surface area is 87.0 Å². The van der Waals surface area contributed by atoms with Gasteiger partial charge in [0.15, 0.2) is 10.8 Å². The molecule has 0 spiro atoms. The van der Waals surface area contributed by atoms with Crippen LogP contribution in [0.25, 0.3) is 0 Å². The summed E-state index contributed by atoms with van der Waals surface area (Å²) in [6.07, 6.45) is -4.49. The van der Waals surface area contributed by atoms with E-state index in [-0.39, 0.29) is 11.7 Å². The van der Waals surface area contributed by atoms with Crippen molar-refractivity contribution in [1.82, 2.24) is 4.98 Å². The quantitative estimate of drug-likeness (QED) is 0.873. The SMILES string of the molecule is CN(CC(=O)O)c1nc(C(F)(F)F)cs1. The third-order valence-corrected chi connectivity index (χ3v) is 2.44. The molecule has 0 atom stereocenters. The van der Waals surface area contributed by atoms with Crippen LogP contribution in [0.5, 0.6) is 0 Å². The summed E-state index contributed by atoms with van der Waals surface area (Å²) in [5, 5.41) is 9.31. The predicted molar refractivity (Wildman–Crippen MR) is 48.0 cm³/mol. The average molecular weight is 240 g/mol. The summed E-state index contributed by atoms with van der Waals surface area (Å²) in [7, 11) is 1.37. The molecule has 1 aromatic rings. The van der Waals surface area contributed by atoms with E-state index in [2.05, 4.69) is 4.98 Å². The predicted octanol–water partition coefficient (Wildman–Crippen LogP) is 1.68. The third-order valence-electron chi connectivity index (χ3n) is 1.48. The van der Waals surface area contributed by atoms with Gasteiger partial charge in [-0.1, -0.05) is 0 Å². The minimum absolute atomic E-state index is 0.0322. The van der Waals surface area contributed by atoms with Gasteiger partial charge in [0.05, 0.1) is 0 Å². The Balaban J connectivity index is 2.80. The number of carbonyl (C=O) groups is 1. The van der Waals surface area contributed by atoms with Crippen molar-refractivity contribution in [2.45, 2.75) is 6.18 Å². The van der Waals surface area contributed by atoms with Crippen molar-refractivity contribution in [2.75, 3.05) is 18.5 Å². The number of aliphatic carboxylic acids is 1. The molecule has 4 nitrogen and oxygen atoms in total. The molecule has 0 radical (unpaired) electrons. The molecule has 0 bridgehead atoms. The summed E-state index contributed by atoms with van der Waals surface area (Å²) < 4.78 is 36.4. The molecule has 1 aromatic heterocycles. The van der Waals surface area contributed by atoms with E-state index in [1.807, 2.05) is 0 Å². The van der Waals surface area contributed by atoms with Crippen molar-refractivity contribution in [3.8, 4) is 0 Å². The lowest BCUT2D eigenvalue weighted by atomic mass is 10.5. The third kappa shape index (κ3) is 3.08. The monoisotopic (exact) mass is 240 g/mol. The van der Waals surface area contributed by atoms with Crippen LogP contribution in [0.3, 0.4) is 0 Å². The number of hydrogen-bond donors (Lipinski definition) is 1. The van der Waals surface area contributed by atoms with E-state index >= 15 is 0 Å². The minimum Gasteiger partial charge on any atom is -0.480 e. The smallest absolute Gasteiger partial charge is 0.434 e. The highest BCUT2D eigenvalue weighted by Gasteiger charge is 2.34. The number of carboxylic acid groups (broad SMARTS) is 1. The van der Waals surface area contributed by atoms with Gasteiger partial charge in [0.1, 0.15) is 6.54 Å². The normalized spacial score (nSPS) is 11.5. The standard InChI is InChI=1S/C7H7F3N2O2S/c1-12(2-5(13)14)6-11-4(3-15-6)7(8,9)10/h3H,2H2,1H3,(H,13,14). The Kier molecular flexibility index (Phi) is 3.18. The van der Waals surface area contributed by atoms with Crippen LogP contribution in [0, 0.1) is 0 Å². The number of nitrogens with zero attached hydrogens (tertiary/aromatic N) is 2. The Morgan fingerprint density at radius 2 is 2.27 bits per heavy atom. The summed E-state index contributed by atoms with van der Waals surface area (Å²) in [4.78, 5) is 14.7. The lowest BCUT2D eigenvalue weighted by Gasteiger charge is -2.11. The van der Waals surface area contributed by atoms with Gasteiger partial charge in [-0.3, -0.25) is 4.79 Å². The van der Waals surface area contributed by atoms with Crippen LogP contribution in [0.2, 0.25) is 0 Å². The zero-order valence-corrected chi connectivity index (χ0v) is 8.39. The zero-order valence-electron chi connectivity index (χ0n) is 7.58. The van der Waals surface area contributed by atoms with Crippen molar-refractivity contribution >= 4 is 22.4 Å². The number of likely N-dealkylation sites (N-methyl/N-ethyl adjacent to an activating group) is 1. The van der Waals surface area contributed by atoms with Gasteiger partial charge in [-0.25, -0.2) is 4.98 Å². The van der Waals surface area contributed by atoms with Crippen molar-refractivity contribution in [1.29, 1.82) is 0 Å². The molecule has 0 amide bonds. The summed E-state index contributed by atoms with van der Waals surface area (Å²) in [6.45, 7) is -0.384. The highest BCUT2D eigenvalue weighted by molar-refractivity contribution is 7.13. The van der Waals surface area contributed by atoms with E-state index in [1.54, 1.807) is 0 Å². The maximum atomic E-state index is 12.1. The topological polar surface area (TPSA) is 53.4 Å². The van der Waals surface area contributed by atoms with E-state index < -0.39 is 17.8 Å². The summed E-state index contributed by atoms with van der Waals surface area (Å²) in [5.41, 5.74) is -1.00. The number of anilines is 1. The second-order valence-corrected chi connectivity index (χ2v) is 3.60. The van der Waals surface area contributed by atoms with Crippen LogP contribution in [0.1, 0.15) is 5.69 Å². The van der Waals surface area contributed by atoms with Gasteiger partial charge >= 0.3 is 12.1 Å². The van der Waals surface area contributed by atoms with Crippen LogP contribution in [-0.2, 0) is 11.0 Å². The van der Waals surface area contributed by atoms with Crippen LogP contribution >= 0.6 is 11.3 Å². The highest BCUT2D eigenvalue weighted by atomic mass is 32.1. The molecule has 0 saturated carbocycles. The van der Waals surface area contributed by atoms with Crippen LogP contribution < -0.4 is 4.90 Å². The van der Waals surface area contributed by atoms with Gasteiger partial charge in [-0.2, -0.15) is 13.2 Å². The number of aromatic nitrogens is 1. The van der Waals surface area contributed by atoms with Crippen molar-refractivity contribution in [3.63, 3.8) is 0 Å². The molecule has 1 heterocycles. The molecular formula is C7H7F3N2O2S. The van der Waals surface area contributed by atoms with Crippen molar-refractivity contribution < 1.29 is 23.1 Å². The molecule has 8 heteroatoms. The number of thiazole rings is 1. The first-order chi connectivity index (χ1) is 6.80. The summed E-state index contributed by atoms with van der Waals surface area (Å²) >= 11 is 0.758. The lowest BCUT2D eigenvalue weighted by Crippen LogP contribution is -2.25. The Bertz CT molecular complexity index is 363. The van der Waals surface area contributed by atoms with Gasteiger partial charge in [-0.05, 0) is 0 Å². The van der Waals surface area contributed by atoms with Gasteiger partial charge < -0.3 is 10.0 Å². The Morgan fingerprint density at radius 3 is 2.67 bits per heavy atom. The molecule has 0 saturated heterocycles. The van der Waals surface area contributed by atoms with Crippen molar-refractivity contribution in [2.24, 2.45) is 0 Å². The second-order valence-electron chi connectivity index (χ2n) is 2.76. The minimum atomic E-state index is -4.49. The molecule has 0 fully saturated rings.